The fraction of sp³-hybridized carbons (Fsp3) is 0.692. The van der Waals surface area contributed by atoms with Crippen LogP contribution in [0.3, 0.4) is 0 Å². The molecule has 1 atom stereocenters. The highest BCUT2D eigenvalue weighted by atomic mass is 16.2. The molecule has 5 heteroatoms. The summed E-state index contributed by atoms with van der Waals surface area (Å²) in [5.74, 6) is 1.31. The average molecular weight is 426 g/mol. The molecule has 4 rings (SSSR count). The molecule has 3 fully saturated rings. The molecular formula is C26H39N3O2. The van der Waals surface area contributed by atoms with Crippen LogP contribution in [0, 0.1) is 5.92 Å². The Morgan fingerprint density at radius 3 is 2.52 bits per heavy atom. The predicted octanol–water partition coefficient (Wildman–Crippen LogP) is 4.12. The normalized spacial score (nSPS) is 23.8. The van der Waals surface area contributed by atoms with E-state index in [1.807, 2.05) is 18.2 Å². The van der Waals surface area contributed by atoms with Crippen molar-refractivity contribution in [2.45, 2.75) is 89.3 Å². The van der Waals surface area contributed by atoms with Crippen LogP contribution in [0.4, 0.5) is 0 Å². The highest BCUT2D eigenvalue weighted by Crippen LogP contribution is 2.34. The summed E-state index contributed by atoms with van der Waals surface area (Å²) in [5.41, 5.74) is 0.911. The molecule has 2 heterocycles. The molecular weight excluding hydrogens is 386 g/mol. The summed E-state index contributed by atoms with van der Waals surface area (Å²) in [6.07, 6.45) is 11.5. The SMILES string of the molecule is CCCCN1C(=O)C(Cc2ccccc2)NC12CCN(C(=O)CCC1CCCC1)CC2. The highest BCUT2D eigenvalue weighted by molar-refractivity contribution is 5.85. The number of nitrogens with one attached hydrogen (secondary N) is 1. The van der Waals surface area contributed by atoms with Crippen LogP contribution in [0.2, 0.25) is 0 Å². The van der Waals surface area contributed by atoms with Gasteiger partial charge in [0.2, 0.25) is 11.8 Å². The Kier molecular flexibility index (Phi) is 7.31. The first-order chi connectivity index (χ1) is 15.1. The van der Waals surface area contributed by atoms with E-state index in [4.69, 9.17) is 0 Å². The molecule has 1 aromatic rings. The third-order valence-corrected chi connectivity index (χ3v) is 7.73. The van der Waals surface area contributed by atoms with Crippen LogP contribution in [-0.4, -0.2) is 53.0 Å². The number of benzene rings is 1. The smallest absolute Gasteiger partial charge is 0.241 e. The second-order valence-corrected chi connectivity index (χ2v) is 9.83. The zero-order valence-corrected chi connectivity index (χ0v) is 19.2. The van der Waals surface area contributed by atoms with Crippen molar-refractivity contribution in [2.24, 2.45) is 5.92 Å². The number of piperidine rings is 1. The molecule has 2 saturated heterocycles. The minimum atomic E-state index is -0.284. The van der Waals surface area contributed by atoms with Gasteiger partial charge < -0.3 is 9.80 Å². The molecule has 1 aliphatic carbocycles. The van der Waals surface area contributed by atoms with Gasteiger partial charge >= 0.3 is 0 Å². The topological polar surface area (TPSA) is 52.7 Å². The number of rotatable bonds is 8. The van der Waals surface area contributed by atoms with Gasteiger partial charge in [-0.05, 0) is 30.7 Å². The molecule has 2 aliphatic heterocycles. The second kappa shape index (κ2) is 10.2. The number of carbonyl (C=O) groups excluding carboxylic acids is 2. The minimum Gasteiger partial charge on any atom is -0.342 e. The van der Waals surface area contributed by atoms with Crippen molar-refractivity contribution in [3.05, 3.63) is 35.9 Å². The first kappa shape index (κ1) is 22.3. The van der Waals surface area contributed by atoms with Gasteiger partial charge in [0.05, 0.1) is 11.7 Å². The summed E-state index contributed by atoms with van der Waals surface area (Å²) in [7, 11) is 0. The first-order valence-corrected chi connectivity index (χ1v) is 12.5. The van der Waals surface area contributed by atoms with Gasteiger partial charge in [-0.1, -0.05) is 69.4 Å². The number of likely N-dealkylation sites (tertiary alicyclic amines) is 1. The summed E-state index contributed by atoms with van der Waals surface area (Å²) in [6, 6.07) is 10.1. The van der Waals surface area contributed by atoms with Crippen LogP contribution in [0.25, 0.3) is 0 Å². The molecule has 3 aliphatic rings. The van der Waals surface area contributed by atoms with Gasteiger partial charge in [0.1, 0.15) is 0 Å². The Labute approximate surface area is 187 Å². The van der Waals surface area contributed by atoms with Gasteiger partial charge in [-0.25, -0.2) is 0 Å². The zero-order chi connectivity index (χ0) is 21.7. The molecule has 5 nitrogen and oxygen atoms in total. The van der Waals surface area contributed by atoms with E-state index >= 15 is 0 Å². The molecule has 0 bridgehead atoms. The molecule has 0 radical (unpaired) electrons. The molecule has 1 N–H and O–H groups in total. The van der Waals surface area contributed by atoms with E-state index < -0.39 is 0 Å². The van der Waals surface area contributed by atoms with Crippen LogP contribution in [0.15, 0.2) is 30.3 Å². The third-order valence-electron chi connectivity index (χ3n) is 7.73. The minimum absolute atomic E-state index is 0.163. The van der Waals surface area contributed by atoms with E-state index in [2.05, 4.69) is 34.2 Å². The molecule has 1 spiro atoms. The zero-order valence-electron chi connectivity index (χ0n) is 19.2. The fourth-order valence-electron chi connectivity index (χ4n) is 5.82. The molecule has 170 valence electrons. The van der Waals surface area contributed by atoms with E-state index in [0.717, 1.165) is 64.1 Å². The van der Waals surface area contributed by atoms with E-state index in [9.17, 15) is 9.59 Å². The summed E-state index contributed by atoms with van der Waals surface area (Å²) < 4.78 is 0. The van der Waals surface area contributed by atoms with E-state index in [1.165, 1.54) is 31.2 Å². The maximum absolute atomic E-state index is 13.3. The van der Waals surface area contributed by atoms with Crippen LogP contribution >= 0.6 is 0 Å². The summed E-state index contributed by atoms with van der Waals surface area (Å²) in [5, 5.41) is 3.74. The molecule has 1 aromatic carbocycles. The Bertz CT molecular complexity index is 736. The van der Waals surface area contributed by atoms with Crippen molar-refractivity contribution in [1.29, 1.82) is 0 Å². The number of hydrogen-bond acceptors (Lipinski definition) is 3. The number of amides is 2. The van der Waals surface area contributed by atoms with Crippen molar-refractivity contribution >= 4 is 11.8 Å². The Balaban J connectivity index is 1.37. The van der Waals surface area contributed by atoms with Gasteiger partial charge in [-0.2, -0.15) is 0 Å². The second-order valence-electron chi connectivity index (χ2n) is 9.83. The first-order valence-electron chi connectivity index (χ1n) is 12.5. The summed E-state index contributed by atoms with van der Waals surface area (Å²) >= 11 is 0. The van der Waals surface area contributed by atoms with Crippen molar-refractivity contribution in [1.82, 2.24) is 15.1 Å². The maximum atomic E-state index is 13.3. The average Bonchev–Trinajstić information content (AvgIpc) is 3.39. The Hall–Kier alpha value is -1.88. The van der Waals surface area contributed by atoms with Crippen molar-refractivity contribution in [3.63, 3.8) is 0 Å². The monoisotopic (exact) mass is 425 g/mol. The lowest BCUT2D eigenvalue weighted by Crippen LogP contribution is -2.59. The lowest BCUT2D eigenvalue weighted by Gasteiger charge is -2.45. The molecule has 1 unspecified atom stereocenters. The lowest BCUT2D eigenvalue weighted by molar-refractivity contribution is -0.137. The van der Waals surface area contributed by atoms with Gasteiger partial charge in [0, 0.05) is 38.9 Å². The molecule has 31 heavy (non-hydrogen) atoms. The van der Waals surface area contributed by atoms with Crippen LogP contribution in [0.5, 0.6) is 0 Å². The highest BCUT2D eigenvalue weighted by Gasteiger charge is 2.51. The number of unbranched alkanes of at least 4 members (excludes halogenated alkanes) is 1. The van der Waals surface area contributed by atoms with Crippen LogP contribution < -0.4 is 5.32 Å². The fourth-order valence-corrected chi connectivity index (χ4v) is 5.82. The third kappa shape index (κ3) is 5.14. The van der Waals surface area contributed by atoms with Gasteiger partial charge in [0.15, 0.2) is 0 Å². The van der Waals surface area contributed by atoms with Gasteiger partial charge in [-0.15, -0.1) is 0 Å². The predicted molar refractivity (Wildman–Crippen MR) is 123 cm³/mol. The Morgan fingerprint density at radius 2 is 1.84 bits per heavy atom. The van der Waals surface area contributed by atoms with Crippen molar-refractivity contribution in [3.8, 4) is 0 Å². The van der Waals surface area contributed by atoms with Gasteiger partial charge in [0.25, 0.3) is 0 Å². The number of carbonyl (C=O) groups is 2. The molecule has 0 aromatic heterocycles. The standard InChI is InChI=1S/C26H39N3O2/c1-2-3-17-29-25(31)23(20-22-11-5-4-6-12-22)27-26(29)15-18-28(19-16-26)24(30)14-13-21-9-7-8-10-21/h4-6,11-12,21,23,27H,2-3,7-10,13-20H2,1H3. The van der Waals surface area contributed by atoms with E-state index in [1.54, 1.807) is 0 Å². The maximum Gasteiger partial charge on any atom is 0.241 e. The van der Waals surface area contributed by atoms with E-state index in [-0.39, 0.29) is 17.6 Å². The molecule has 1 saturated carbocycles. The number of hydrogen-bond donors (Lipinski definition) is 1. The largest absolute Gasteiger partial charge is 0.342 e. The summed E-state index contributed by atoms with van der Waals surface area (Å²) in [6.45, 7) is 4.49. The van der Waals surface area contributed by atoms with Crippen molar-refractivity contribution in [2.75, 3.05) is 19.6 Å². The van der Waals surface area contributed by atoms with E-state index in [0.29, 0.717) is 12.3 Å². The van der Waals surface area contributed by atoms with Crippen LogP contribution in [0.1, 0.15) is 76.7 Å². The lowest BCUT2D eigenvalue weighted by atomic mass is 9.94. The summed E-state index contributed by atoms with van der Waals surface area (Å²) in [4.78, 5) is 30.3. The van der Waals surface area contributed by atoms with Crippen molar-refractivity contribution < 1.29 is 9.59 Å². The quantitative estimate of drug-likeness (QED) is 0.682. The van der Waals surface area contributed by atoms with Crippen LogP contribution in [-0.2, 0) is 16.0 Å². The number of nitrogens with zero attached hydrogens (tertiary/aromatic N) is 2. The Morgan fingerprint density at radius 1 is 1.13 bits per heavy atom. The molecule has 2 amide bonds. The van der Waals surface area contributed by atoms with Gasteiger partial charge in [-0.3, -0.25) is 14.9 Å².